The summed E-state index contributed by atoms with van der Waals surface area (Å²) in [6, 6.07) is 17.8. The van der Waals surface area contributed by atoms with E-state index in [1.54, 1.807) is 24.3 Å². The Morgan fingerprint density at radius 3 is 0.847 bits per heavy atom. The second-order valence-corrected chi connectivity index (χ2v) is 15.9. The van der Waals surface area contributed by atoms with Crippen molar-refractivity contribution in [3.05, 3.63) is 118 Å². The van der Waals surface area contributed by atoms with Gasteiger partial charge in [-0.1, -0.05) is 7.43 Å². The Morgan fingerprint density at radius 2 is 0.627 bits per heavy atom. The fourth-order valence-electron chi connectivity index (χ4n) is 8.41. The van der Waals surface area contributed by atoms with E-state index in [0.717, 1.165) is 22.3 Å². The lowest BCUT2D eigenvalue weighted by molar-refractivity contribution is 0.00128. The lowest BCUT2D eigenvalue weighted by Gasteiger charge is -2.31. The monoisotopic (exact) mass is 824 g/mol. The number of ether oxygens (including phenoxy) is 4. The number of fused-ring (bicyclic) bond motifs is 4. The molecule has 0 radical (unpaired) electrons. The van der Waals surface area contributed by atoms with E-state index >= 15 is 0 Å². The predicted octanol–water partition coefficient (Wildman–Crippen LogP) is 8.52. The molecule has 4 aliphatic heterocycles. The summed E-state index contributed by atoms with van der Waals surface area (Å²) in [5.74, 6) is 1.41. The molecule has 320 valence electrons. The SMILES string of the molecule is C.OC(CCCC(O)C1CCc2cc(F)ccc2O1)C1CCc2cc(F)ccc2O1.OC(CCCC(O)C1CCc2cc(F)ccc2O1)C1CCc2cc(F)ccc2O1. The second-order valence-electron chi connectivity index (χ2n) is 15.9. The van der Waals surface area contributed by atoms with Crippen molar-refractivity contribution in [3.8, 4) is 23.0 Å². The molecule has 4 heterocycles. The van der Waals surface area contributed by atoms with Crippen LogP contribution in [0.5, 0.6) is 23.0 Å². The molecule has 0 spiro atoms. The van der Waals surface area contributed by atoms with Gasteiger partial charge in [0.2, 0.25) is 0 Å². The van der Waals surface area contributed by atoms with E-state index in [0.29, 0.717) is 113 Å². The highest BCUT2D eigenvalue weighted by Gasteiger charge is 2.31. The standard InChI is InChI=1S/2C23H26F2O4.CH4/c2*24-16-6-10-20-14(12-16)4-8-22(28-20)18(26)2-1-3-19(27)23-9-5-15-13-17(25)7-11-21(15)29-23;/h2*6-7,10-13,18-19,22-23,26-27H,1-5,8-9H2;1H4. The summed E-state index contributed by atoms with van der Waals surface area (Å²) in [6.07, 6.45) is 4.69. The highest BCUT2D eigenvalue weighted by molar-refractivity contribution is 5.38. The van der Waals surface area contributed by atoms with Gasteiger partial charge >= 0.3 is 0 Å². The lowest BCUT2D eigenvalue weighted by atomic mass is 9.94. The number of aliphatic hydroxyl groups excluding tert-OH is 4. The van der Waals surface area contributed by atoms with Crippen molar-refractivity contribution in [2.45, 2.75) is 146 Å². The maximum Gasteiger partial charge on any atom is 0.125 e. The molecule has 0 bridgehead atoms. The van der Waals surface area contributed by atoms with E-state index in [2.05, 4.69) is 0 Å². The Morgan fingerprint density at radius 1 is 0.407 bits per heavy atom. The van der Waals surface area contributed by atoms with Gasteiger partial charge in [0.1, 0.15) is 70.7 Å². The van der Waals surface area contributed by atoms with Crippen LogP contribution in [0.1, 0.15) is 93.9 Å². The summed E-state index contributed by atoms with van der Waals surface area (Å²) in [5.41, 5.74) is 3.33. The topological polar surface area (TPSA) is 118 Å². The third-order valence-corrected chi connectivity index (χ3v) is 11.7. The van der Waals surface area contributed by atoms with Crippen LogP contribution in [-0.4, -0.2) is 69.3 Å². The van der Waals surface area contributed by atoms with E-state index in [9.17, 15) is 38.0 Å². The quantitative estimate of drug-likeness (QED) is 0.105. The number of hydrogen-bond donors (Lipinski definition) is 4. The average Bonchev–Trinajstić information content (AvgIpc) is 3.22. The zero-order chi connectivity index (χ0) is 40.8. The summed E-state index contributed by atoms with van der Waals surface area (Å²) in [4.78, 5) is 0. The van der Waals surface area contributed by atoms with E-state index in [4.69, 9.17) is 18.9 Å². The van der Waals surface area contributed by atoms with Gasteiger partial charge in [-0.05, 0) is 185 Å². The summed E-state index contributed by atoms with van der Waals surface area (Å²) >= 11 is 0. The van der Waals surface area contributed by atoms with Crippen LogP contribution < -0.4 is 18.9 Å². The maximum absolute atomic E-state index is 13.3. The highest BCUT2D eigenvalue weighted by Crippen LogP contribution is 2.34. The van der Waals surface area contributed by atoms with E-state index < -0.39 is 24.4 Å². The third-order valence-electron chi connectivity index (χ3n) is 11.7. The molecule has 4 aliphatic rings. The molecule has 0 saturated heterocycles. The number of hydrogen-bond acceptors (Lipinski definition) is 8. The first-order valence-electron chi connectivity index (χ1n) is 20.5. The van der Waals surface area contributed by atoms with Crippen LogP contribution in [0.15, 0.2) is 72.8 Å². The maximum atomic E-state index is 13.3. The van der Waals surface area contributed by atoms with Crippen molar-refractivity contribution in [3.63, 3.8) is 0 Å². The van der Waals surface area contributed by atoms with Gasteiger partial charge in [0, 0.05) is 0 Å². The van der Waals surface area contributed by atoms with Gasteiger partial charge in [0.15, 0.2) is 0 Å². The molecule has 0 fully saturated rings. The molecule has 0 aromatic heterocycles. The molecule has 59 heavy (non-hydrogen) atoms. The van der Waals surface area contributed by atoms with Crippen molar-refractivity contribution in [1.29, 1.82) is 0 Å². The molecular weight excluding hydrogens is 769 g/mol. The Hall–Kier alpha value is -4.36. The van der Waals surface area contributed by atoms with Crippen LogP contribution >= 0.6 is 0 Å². The normalized spacial score (nSPS) is 22.2. The van der Waals surface area contributed by atoms with Crippen LogP contribution in [0.4, 0.5) is 17.6 Å². The highest BCUT2D eigenvalue weighted by atomic mass is 19.1. The largest absolute Gasteiger partial charge is 0.487 e. The molecule has 4 aromatic carbocycles. The summed E-state index contributed by atoms with van der Waals surface area (Å²) in [6.45, 7) is 0. The number of aryl methyl sites for hydroxylation is 4. The molecule has 0 amide bonds. The fourth-order valence-corrected chi connectivity index (χ4v) is 8.41. The minimum absolute atomic E-state index is 0. The Kier molecular flexibility index (Phi) is 15.2. The number of rotatable bonds is 12. The molecule has 0 aliphatic carbocycles. The van der Waals surface area contributed by atoms with E-state index in [1.165, 1.54) is 48.5 Å². The molecule has 8 nitrogen and oxygen atoms in total. The van der Waals surface area contributed by atoms with Crippen molar-refractivity contribution in [2.24, 2.45) is 0 Å². The summed E-state index contributed by atoms with van der Waals surface area (Å²) in [5, 5.41) is 41.9. The molecule has 8 rings (SSSR count). The van der Waals surface area contributed by atoms with Gasteiger partial charge in [-0.3, -0.25) is 0 Å². The second kappa shape index (κ2) is 20.3. The van der Waals surface area contributed by atoms with Gasteiger partial charge in [-0.25, -0.2) is 17.6 Å². The molecule has 8 atom stereocenters. The van der Waals surface area contributed by atoms with Crippen LogP contribution in [0, 0.1) is 23.3 Å². The molecule has 0 saturated carbocycles. The number of halogens is 4. The Bertz CT molecular complexity index is 1720. The van der Waals surface area contributed by atoms with Crippen LogP contribution in [0.3, 0.4) is 0 Å². The molecule has 4 aromatic rings. The Balaban J connectivity index is 0.000000195. The number of benzene rings is 4. The first-order chi connectivity index (χ1) is 28.0. The first kappa shape index (κ1) is 44.2. The molecular formula is C47H56F4O8. The molecule has 8 unspecified atom stereocenters. The summed E-state index contributed by atoms with van der Waals surface area (Å²) < 4.78 is 76.5. The third kappa shape index (κ3) is 11.5. The average molecular weight is 825 g/mol. The smallest absolute Gasteiger partial charge is 0.125 e. The van der Waals surface area contributed by atoms with Crippen molar-refractivity contribution >= 4 is 0 Å². The minimum atomic E-state index is -0.642. The van der Waals surface area contributed by atoms with Gasteiger partial charge < -0.3 is 39.4 Å². The van der Waals surface area contributed by atoms with Crippen LogP contribution in [-0.2, 0) is 25.7 Å². The predicted molar refractivity (Wildman–Crippen MR) is 215 cm³/mol. The van der Waals surface area contributed by atoms with Gasteiger partial charge in [0.25, 0.3) is 0 Å². The molecule has 4 N–H and O–H groups in total. The van der Waals surface area contributed by atoms with Crippen LogP contribution in [0.25, 0.3) is 0 Å². The van der Waals surface area contributed by atoms with Gasteiger partial charge in [-0.2, -0.15) is 0 Å². The minimum Gasteiger partial charge on any atom is -0.487 e. The molecule has 12 heteroatoms. The lowest BCUT2D eigenvalue weighted by Crippen LogP contribution is -2.36. The number of aliphatic hydroxyl groups is 4. The van der Waals surface area contributed by atoms with Crippen LogP contribution in [0.2, 0.25) is 0 Å². The fraction of sp³-hybridized carbons (Fsp3) is 0.489. The zero-order valence-corrected chi connectivity index (χ0v) is 32.4. The van der Waals surface area contributed by atoms with Crippen molar-refractivity contribution < 1.29 is 56.9 Å². The zero-order valence-electron chi connectivity index (χ0n) is 32.4. The van der Waals surface area contributed by atoms with Gasteiger partial charge in [-0.15, -0.1) is 0 Å². The van der Waals surface area contributed by atoms with Crippen molar-refractivity contribution in [2.75, 3.05) is 0 Å². The summed E-state index contributed by atoms with van der Waals surface area (Å²) in [7, 11) is 0. The van der Waals surface area contributed by atoms with Gasteiger partial charge in [0.05, 0.1) is 24.4 Å². The first-order valence-corrected chi connectivity index (χ1v) is 20.5. The van der Waals surface area contributed by atoms with E-state index in [-0.39, 0.29) is 55.1 Å². The van der Waals surface area contributed by atoms with E-state index in [1.807, 2.05) is 0 Å². The van der Waals surface area contributed by atoms with Crippen molar-refractivity contribution in [1.82, 2.24) is 0 Å². The Labute approximate surface area is 343 Å².